The van der Waals surface area contributed by atoms with E-state index >= 15 is 0 Å². The fourth-order valence-corrected chi connectivity index (χ4v) is 2.59. The van der Waals surface area contributed by atoms with Crippen LogP contribution in [0.4, 0.5) is 18.9 Å². The molecule has 0 atom stereocenters. The van der Waals surface area contributed by atoms with Gasteiger partial charge in [-0.2, -0.15) is 13.2 Å². The summed E-state index contributed by atoms with van der Waals surface area (Å²) in [6.07, 6.45) is -2.81. The van der Waals surface area contributed by atoms with Gasteiger partial charge in [0.05, 0.1) is 11.3 Å². The number of nitrogens with zero attached hydrogens (tertiary/aromatic N) is 2. The first kappa shape index (κ1) is 17.0. The molecule has 0 saturated carbocycles. The number of alkyl halides is 3. The zero-order valence-electron chi connectivity index (χ0n) is 13.9. The molecule has 3 aromatic rings. The topological polar surface area (TPSA) is 16.1 Å². The highest BCUT2D eigenvalue weighted by molar-refractivity contribution is 5.74. The molecule has 1 aromatic heterocycles. The smallest absolute Gasteiger partial charge is 0.378 e. The maximum Gasteiger partial charge on any atom is 0.416 e. The van der Waals surface area contributed by atoms with Crippen LogP contribution < -0.4 is 4.90 Å². The van der Waals surface area contributed by atoms with Gasteiger partial charge in [0, 0.05) is 31.5 Å². The van der Waals surface area contributed by atoms with Crippen molar-refractivity contribution in [3.05, 3.63) is 72.4 Å². The van der Waals surface area contributed by atoms with Crippen LogP contribution in [-0.2, 0) is 6.18 Å². The van der Waals surface area contributed by atoms with E-state index in [9.17, 15) is 13.2 Å². The molecule has 0 spiro atoms. The predicted octanol–water partition coefficient (Wildman–Crippen LogP) is 5.50. The minimum Gasteiger partial charge on any atom is -0.378 e. The van der Waals surface area contributed by atoms with Crippen LogP contribution in [0.2, 0.25) is 0 Å². The molecule has 0 radical (unpaired) electrons. The van der Waals surface area contributed by atoms with Gasteiger partial charge in [-0.05, 0) is 41.5 Å². The minimum atomic E-state index is -4.42. The van der Waals surface area contributed by atoms with Gasteiger partial charge in [0.15, 0.2) is 0 Å². The van der Waals surface area contributed by atoms with Gasteiger partial charge in [-0.1, -0.05) is 30.3 Å². The fraction of sp³-hybridized carbons (Fsp3) is 0.150. The number of pyridine rings is 1. The zero-order valence-corrected chi connectivity index (χ0v) is 13.9. The second-order valence-electron chi connectivity index (χ2n) is 5.96. The Morgan fingerprint density at radius 1 is 0.800 bits per heavy atom. The van der Waals surface area contributed by atoms with Gasteiger partial charge in [-0.15, -0.1) is 0 Å². The number of halogens is 3. The summed E-state index contributed by atoms with van der Waals surface area (Å²) in [7, 11) is 3.75. The summed E-state index contributed by atoms with van der Waals surface area (Å²) in [6, 6.07) is 16.7. The standard InChI is InChI=1S/C20H17F3N2/c1-25(2)18-8-9-24-19(13-18)16-10-15(14-6-4-3-5-7-14)11-17(12-16)20(21,22)23/h3-13H,1-2H3. The molecule has 0 aliphatic heterocycles. The second kappa shape index (κ2) is 6.59. The summed E-state index contributed by atoms with van der Waals surface area (Å²) in [5.74, 6) is 0. The summed E-state index contributed by atoms with van der Waals surface area (Å²) in [4.78, 5) is 6.14. The summed E-state index contributed by atoms with van der Waals surface area (Å²) < 4.78 is 40.1. The highest BCUT2D eigenvalue weighted by Gasteiger charge is 2.31. The van der Waals surface area contributed by atoms with E-state index in [2.05, 4.69) is 4.98 Å². The Balaban J connectivity index is 2.18. The van der Waals surface area contributed by atoms with Gasteiger partial charge in [0.25, 0.3) is 0 Å². The molecule has 0 fully saturated rings. The summed E-state index contributed by atoms with van der Waals surface area (Å²) >= 11 is 0. The highest BCUT2D eigenvalue weighted by atomic mass is 19.4. The van der Waals surface area contributed by atoms with Gasteiger partial charge in [-0.25, -0.2) is 0 Å². The van der Waals surface area contributed by atoms with Crippen LogP contribution in [0.15, 0.2) is 66.9 Å². The van der Waals surface area contributed by atoms with Crippen molar-refractivity contribution >= 4 is 5.69 Å². The Morgan fingerprint density at radius 3 is 2.12 bits per heavy atom. The molecule has 1 heterocycles. The van der Waals surface area contributed by atoms with Crippen LogP contribution in [0.25, 0.3) is 22.4 Å². The molecule has 25 heavy (non-hydrogen) atoms. The molecule has 0 aliphatic carbocycles. The lowest BCUT2D eigenvalue weighted by molar-refractivity contribution is -0.137. The average molecular weight is 342 g/mol. The summed E-state index contributed by atoms with van der Waals surface area (Å²) in [5, 5.41) is 0. The van der Waals surface area contributed by atoms with Gasteiger partial charge in [-0.3, -0.25) is 4.98 Å². The lowest BCUT2D eigenvalue weighted by Gasteiger charge is -2.15. The third kappa shape index (κ3) is 3.82. The Hall–Kier alpha value is -2.82. The molecule has 5 heteroatoms. The first-order valence-electron chi connectivity index (χ1n) is 7.76. The number of anilines is 1. The molecule has 2 aromatic carbocycles. The quantitative estimate of drug-likeness (QED) is 0.625. The van der Waals surface area contributed by atoms with E-state index in [-0.39, 0.29) is 0 Å². The van der Waals surface area contributed by atoms with Crippen molar-refractivity contribution in [1.29, 1.82) is 0 Å². The van der Waals surface area contributed by atoms with Crippen molar-refractivity contribution in [2.75, 3.05) is 19.0 Å². The van der Waals surface area contributed by atoms with Crippen molar-refractivity contribution in [3.63, 3.8) is 0 Å². The molecule has 0 N–H and O–H groups in total. The lowest BCUT2D eigenvalue weighted by atomic mass is 9.98. The Bertz CT molecular complexity index is 872. The normalized spacial score (nSPS) is 11.4. The van der Waals surface area contributed by atoms with Gasteiger partial charge in [0.1, 0.15) is 0 Å². The van der Waals surface area contributed by atoms with E-state index in [1.165, 1.54) is 6.07 Å². The highest BCUT2D eigenvalue weighted by Crippen LogP contribution is 2.36. The number of benzene rings is 2. The number of hydrogen-bond acceptors (Lipinski definition) is 2. The number of aromatic nitrogens is 1. The average Bonchev–Trinajstić information content (AvgIpc) is 2.61. The van der Waals surface area contributed by atoms with Crippen molar-refractivity contribution in [2.45, 2.75) is 6.18 Å². The molecule has 0 saturated heterocycles. The van der Waals surface area contributed by atoms with E-state index in [0.717, 1.165) is 17.3 Å². The van der Waals surface area contributed by atoms with E-state index < -0.39 is 11.7 Å². The van der Waals surface area contributed by atoms with Crippen molar-refractivity contribution in [3.8, 4) is 22.4 Å². The molecule has 2 nitrogen and oxygen atoms in total. The summed E-state index contributed by atoms with van der Waals surface area (Å²) in [6.45, 7) is 0. The van der Waals surface area contributed by atoms with Crippen LogP contribution in [0.1, 0.15) is 5.56 Å². The molecule has 128 valence electrons. The number of hydrogen-bond donors (Lipinski definition) is 0. The van der Waals surface area contributed by atoms with Crippen molar-refractivity contribution in [1.82, 2.24) is 4.98 Å². The van der Waals surface area contributed by atoms with Crippen LogP contribution >= 0.6 is 0 Å². The third-order valence-corrected chi connectivity index (χ3v) is 3.92. The lowest BCUT2D eigenvalue weighted by Crippen LogP contribution is -2.09. The third-order valence-electron chi connectivity index (χ3n) is 3.92. The van der Waals surface area contributed by atoms with E-state index in [4.69, 9.17) is 0 Å². The fourth-order valence-electron chi connectivity index (χ4n) is 2.59. The van der Waals surface area contributed by atoms with Crippen LogP contribution in [0.5, 0.6) is 0 Å². The SMILES string of the molecule is CN(C)c1ccnc(-c2cc(-c3ccccc3)cc(C(F)(F)F)c2)c1. The molecular formula is C20H17F3N2. The predicted molar refractivity (Wildman–Crippen MR) is 94.4 cm³/mol. The maximum absolute atomic E-state index is 13.4. The zero-order chi connectivity index (χ0) is 18.0. The second-order valence-corrected chi connectivity index (χ2v) is 5.96. The van der Waals surface area contributed by atoms with Gasteiger partial charge in [0.2, 0.25) is 0 Å². The Kier molecular flexibility index (Phi) is 4.49. The first-order chi connectivity index (χ1) is 11.8. The molecule has 0 unspecified atom stereocenters. The maximum atomic E-state index is 13.4. The summed E-state index contributed by atoms with van der Waals surface area (Å²) in [5.41, 5.74) is 2.40. The van der Waals surface area contributed by atoms with Gasteiger partial charge < -0.3 is 4.90 Å². The monoisotopic (exact) mass is 342 g/mol. The van der Waals surface area contributed by atoms with E-state index in [1.54, 1.807) is 42.6 Å². The van der Waals surface area contributed by atoms with Crippen LogP contribution in [0, 0.1) is 0 Å². The van der Waals surface area contributed by atoms with Crippen molar-refractivity contribution < 1.29 is 13.2 Å². The number of rotatable bonds is 3. The minimum absolute atomic E-state index is 0.442. The Morgan fingerprint density at radius 2 is 1.48 bits per heavy atom. The molecule has 0 bridgehead atoms. The molecular weight excluding hydrogens is 325 g/mol. The van der Waals surface area contributed by atoms with E-state index in [0.29, 0.717) is 16.8 Å². The molecule has 0 aliphatic rings. The van der Waals surface area contributed by atoms with Gasteiger partial charge >= 0.3 is 6.18 Å². The first-order valence-corrected chi connectivity index (χ1v) is 7.76. The van der Waals surface area contributed by atoms with Crippen LogP contribution in [0.3, 0.4) is 0 Å². The Labute approximate surface area is 144 Å². The molecule has 3 rings (SSSR count). The largest absolute Gasteiger partial charge is 0.416 e. The van der Waals surface area contributed by atoms with Crippen LogP contribution in [-0.4, -0.2) is 19.1 Å². The van der Waals surface area contributed by atoms with Crippen molar-refractivity contribution in [2.24, 2.45) is 0 Å². The van der Waals surface area contributed by atoms with E-state index in [1.807, 2.05) is 31.1 Å². The molecule has 0 amide bonds.